The topological polar surface area (TPSA) is 146 Å². The molecular formula is C15H19FN2O9. The summed E-state index contributed by atoms with van der Waals surface area (Å²) in [5, 5.41) is 20.0. The van der Waals surface area contributed by atoms with Gasteiger partial charge in [0.25, 0.3) is 11.4 Å². The molecule has 0 aliphatic carbocycles. The number of carbonyl (C=O) groups is 2. The monoisotopic (exact) mass is 390 g/mol. The molecule has 0 aromatic carbocycles. The van der Waals surface area contributed by atoms with Gasteiger partial charge in [0.1, 0.15) is 12.2 Å². The van der Waals surface area contributed by atoms with Crippen molar-refractivity contribution in [1.29, 1.82) is 0 Å². The summed E-state index contributed by atoms with van der Waals surface area (Å²) in [6, 6.07) is 0.789. The van der Waals surface area contributed by atoms with Gasteiger partial charge in [-0.15, -0.1) is 0 Å². The zero-order chi connectivity index (χ0) is 20.5. The Hall–Kier alpha value is -2.57. The van der Waals surface area contributed by atoms with Gasteiger partial charge in [0.2, 0.25) is 0 Å². The summed E-state index contributed by atoms with van der Waals surface area (Å²) in [4.78, 5) is 47.1. The van der Waals surface area contributed by atoms with Crippen LogP contribution in [0.4, 0.5) is 9.18 Å². The highest BCUT2D eigenvalue weighted by Gasteiger charge is 2.57. The van der Waals surface area contributed by atoms with Gasteiger partial charge in [0, 0.05) is 12.3 Å². The maximum absolute atomic E-state index is 14.9. The van der Waals surface area contributed by atoms with Crippen LogP contribution in [0.3, 0.4) is 0 Å². The summed E-state index contributed by atoms with van der Waals surface area (Å²) in [6.45, 7) is 1.98. The number of aliphatic hydroxyl groups is 2. The van der Waals surface area contributed by atoms with Crippen LogP contribution in [-0.4, -0.2) is 63.2 Å². The van der Waals surface area contributed by atoms with E-state index in [9.17, 15) is 33.8 Å². The quantitative estimate of drug-likeness (QED) is 0.601. The highest BCUT2D eigenvalue weighted by molar-refractivity contribution is 5.71. The van der Waals surface area contributed by atoms with Crippen molar-refractivity contribution >= 4 is 12.1 Å². The Morgan fingerprint density at radius 3 is 2.56 bits per heavy atom. The molecule has 1 aromatic rings. The number of alkyl halides is 1. The first-order valence-electron chi connectivity index (χ1n) is 7.85. The molecule has 0 bridgehead atoms. The molecule has 1 saturated heterocycles. The van der Waals surface area contributed by atoms with Crippen molar-refractivity contribution in [3.05, 3.63) is 33.1 Å². The van der Waals surface area contributed by atoms with Crippen molar-refractivity contribution in [2.75, 3.05) is 13.7 Å². The molecule has 0 radical (unpaired) electrons. The fraction of sp³-hybridized carbons (Fsp3) is 0.600. The smallest absolute Gasteiger partial charge is 0.425 e. The summed E-state index contributed by atoms with van der Waals surface area (Å²) in [6.07, 6.45) is -6.38. The second-order valence-electron chi connectivity index (χ2n) is 6.14. The lowest BCUT2D eigenvalue weighted by Gasteiger charge is -2.23. The third kappa shape index (κ3) is 3.77. The molecule has 1 aromatic heterocycles. The van der Waals surface area contributed by atoms with E-state index in [0.717, 1.165) is 19.4 Å². The number of carbonyl (C=O) groups excluding carboxylic acids is 2. The van der Waals surface area contributed by atoms with E-state index in [2.05, 4.69) is 4.74 Å². The molecule has 0 amide bonds. The molecule has 4 atom stereocenters. The third-order valence-electron chi connectivity index (χ3n) is 3.90. The number of aromatic nitrogens is 2. The molecule has 1 aliphatic heterocycles. The van der Waals surface area contributed by atoms with Crippen LogP contribution >= 0.6 is 0 Å². The predicted molar refractivity (Wildman–Crippen MR) is 84.5 cm³/mol. The minimum atomic E-state index is -3.01. The normalized spacial score (nSPS) is 27.6. The first kappa shape index (κ1) is 20.7. The zero-order valence-corrected chi connectivity index (χ0v) is 14.7. The standard InChI is InChI=1S/C15H19FN2O9/c1-7(2)12(22)26-6-15(16)10(21)9(20)11(27-15)17-5-4-8(19)18(13(17)23)14(24)25-3/h4-5,7,9-11,20-21H,6H2,1-3H3/t9-,10+,11-,15-/m1/s1. The van der Waals surface area contributed by atoms with Crippen LogP contribution in [0.2, 0.25) is 0 Å². The second-order valence-corrected chi connectivity index (χ2v) is 6.14. The van der Waals surface area contributed by atoms with Gasteiger partial charge in [-0.05, 0) is 0 Å². The van der Waals surface area contributed by atoms with E-state index >= 15 is 0 Å². The number of rotatable bonds is 4. The van der Waals surface area contributed by atoms with E-state index in [4.69, 9.17) is 9.47 Å². The van der Waals surface area contributed by atoms with Crippen molar-refractivity contribution in [1.82, 2.24) is 9.13 Å². The molecule has 12 heteroatoms. The predicted octanol–water partition coefficient (Wildman–Crippen LogP) is -1.26. The summed E-state index contributed by atoms with van der Waals surface area (Å²) in [7, 11) is 0.936. The molecular weight excluding hydrogens is 371 g/mol. The minimum Gasteiger partial charge on any atom is -0.459 e. The molecule has 1 fully saturated rings. The lowest BCUT2D eigenvalue weighted by Crippen LogP contribution is -2.46. The number of nitrogens with zero attached hydrogens (tertiary/aromatic N) is 2. The molecule has 2 rings (SSSR count). The first-order chi connectivity index (χ1) is 12.5. The molecule has 0 spiro atoms. The molecule has 2 heterocycles. The molecule has 0 unspecified atom stereocenters. The van der Waals surface area contributed by atoms with Crippen LogP contribution in [0.1, 0.15) is 20.1 Å². The van der Waals surface area contributed by atoms with E-state index in [1.54, 1.807) is 0 Å². The fourth-order valence-corrected chi connectivity index (χ4v) is 2.37. The van der Waals surface area contributed by atoms with E-state index in [1.807, 2.05) is 0 Å². The van der Waals surface area contributed by atoms with Gasteiger partial charge in [-0.25, -0.2) is 14.0 Å². The summed E-state index contributed by atoms with van der Waals surface area (Å²) in [5.41, 5.74) is -2.30. The Bertz CT molecular complexity index is 848. The molecule has 1 aliphatic rings. The van der Waals surface area contributed by atoms with Gasteiger partial charge in [-0.3, -0.25) is 14.2 Å². The highest BCUT2D eigenvalue weighted by atomic mass is 19.2. The fourth-order valence-electron chi connectivity index (χ4n) is 2.37. The number of hydrogen-bond donors (Lipinski definition) is 2. The Morgan fingerprint density at radius 1 is 1.37 bits per heavy atom. The SMILES string of the molecule is COC(=O)n1c(=O)ccn([C@@H]2O[C@](F)(COC(=O)C(C)C)[C@@H](O)[C@H]2O)c1=O. The first-order valence-corrected chi connectivity index (χ1v) is 7.85. The van der Waals surface area contributed by atoms with E-state index in [-0.39, 0.29) is 4.57 Å². The van der Waals surface area contributed by atoms with Crippen molar-refractivity contribution < 1.29 is 38.4 Å². The Morgan fingerprint density at radius 2 is 2.00 bits per heavy atom. The molecule has 11 nitrogen and oxygen atoms in total. The average Bonchev–Trinajstić information content (AvgIpc) is 2.84. The van der Waals surface area contributed by atoms with Crippen molar-refractivity contribution in [2.24, 2.45) is 5.92 Å². The largest absolute Gasteiger partial charge is 0.459 e. The summed E-state index contributed by atoms with van der Waals surface area (Å²) >= 11 is 0. The van der Waals surface area contributed by atoms with Gasteiger partial charge in [0.15, 0.2) is 12.8 Å². The minimum absolute atomic E-state index is 0.0967. The van der Waals surface area contributed by atoms with Crippen molar-refractivity contribution in [3.8, 4) is 0 Å². The molecule has 2 N–H and O–H groups in total. The van der Waals surface area contributed by atoms with Crippen LogP contribution < -0.4 is 11.2 Å². The van der Waals surface area contributed by atoms with Crippen LogP contribution in [0, 0.1) is 5.92 Å². The maximum Gasteiger partial charge on any atom is 0.425 e. The Labute approximate surface area is 151 Å². The molecule has 150 valence electrons. The van der Waals surface area contributed by atoms with Crippen LogP contribution in [-0.2, 0) is 19.0 Å². The van der Waals surface area contributed by atoms with E-state index < -0.39 is 60.1 Å². The van der Waals surface area contributed by atoms with Crippen molar-refractivity contribution in [2.45, 2.75) is 38.1 Å². The van der Waals surface area contributed by atoms with Gasteiger partial charge in [0.05, 0.1) is 13.0 Å². The third-order valence-corrected chi connectivity index (χ3v) is 3.90. The van der Waals surface area contributed by atoms with Gasteiger partial charge in [-0.2, -0.15) is 4.57 Å². The van der Waals surface area contributed by atoms with Gasteiger partial charge in [-0.1, -0.05) is 13.8 Å². The lowest BCUT2D eigenvalue weighted by atomic mass is 10.1. The number of ether oxygens (including phenoxy) is 3. The lowest BCUT2D eigenvalue weighted by molar-refractivity contribution is -0.218. The molecule has 0 saturated carbocycles. The average molecular weight is 390 g/mol. The van der Waals surface area contributed by atoms with Crippen LogP contribution in [0.25, 0.3) is 0 Å². The van der Waals surface area contributed by atoms with Crippen LogP contribution in [0.5, 0.6) is 0 Å². The maximum atomic E-state index is 14.9. The summed E-state index contributed by atoms with van der Waals surface area (Å²) < 4.78 is 29.4. The Balaban J connectivity index is 2.36. The van der Waals surface area contributed by atoms with Gasteiger partial charge >= 0.3 is 17.8 Å². The van der Waals surface area contributed by atoms with Crippen molar-refractivity contribution in [3.63, 3.8) is 0 Å². The van der Waals surface area contributed by atoms with Crippen LogP contribution in [0.15, 0.2) is 21.9 Å². The number of halogens is 1. The van der Waals surface area contributed by atoms with Gasteiger partial charge < -0.3 is 24.4 Å². The number of aliphatic hydroxyl groups excluding tert-OH is 2. The second kappa shape index (κ2) is 7.58. The molecule has 27 heavy (non-hydrogen) atoms. The van der Waals surface area contributed by atoms with E-state index in [0.29, 0.717) is 4.57 Å². The number of esters is 1. The Kier molecular flexibility index (Phi) is 5.82. The van der Waals surface area contributed by atoms with E-state index in [1.165, 1.54) is 13.8 Å². The number of hydrogen-bond acceptors (Lipinski definition) is 9. The zero-order valence-electron chi connectivity index (χ0n) is 14.7. The highest BCUT2D eigenvalue weighted by Crippen LogP contribution is 2.38. The summed E-state index contributed by atoms with van der Waals surface area (Å²) in [5.74, 6) is -4.35. The number of methoxy groups -OCH3 is 1.